The molecule has 0 aliphatic carbocycles. The van der Waals surface area contributed by atoms with Gasteiger partial charge < -0.3 is 15.4 Å². The Labute approximate surface area is 120 Å². The molecule has 2 atom stereocenters. The van der Waals surface area contributed by atoms with E-state index in [9.17, 15) is 9.59 Å². The summed E-state index contributed by atoms with van der Waals surface area (Å²) in [6, 6.07) is 0.418. The molecule has 0 saturated heterocycles. The molecule has 2 unspecified atom stereocenters. The summed E-state index contributed by atoms with van der Waals surface area (Å²) >= 11 is 0. The fraction of sp³-hybridized carbons (Fsp3) is 0.733. The highest BCUT2D eigenvalue weighted by Gasteiger charge is 2.35. The molecule has 2 N–H and O–H groups in total. The quantitative estimate of drug-likeness (QED) is 0.611. The number of hydrogen-bond donors (Lipinski definition) is 2. The lowest BCUT2D eigenvalue weighted by Crippen LogP contribution is -2.36. The molecular formula is C15H24N2O3. The van der Waals surface area contributed by atoms with Crippen molar-refractivity contribution < 1.29 is 14.3 Å². The second kappa shape index (κ2) is 6.77. The first-order chi connectivity index (χ1) is 9.61. The maximum atomic E-state index is 11.8. The van der Waals surface area contributed by atoms with E-state index in [0.29, 0.717) is 11.4 Å². The second-order valence-corrected chi connectivity index (χ2v) is 5.74. The number of carbonyl (C=O) groups is 2. The molecule has 0 fully saturated rings. The van der Waals surface area contributed by atoms with Gasteiger partial charge in [0.25, 0.3) is 0 Å². The minimum absolute atomic E-state index is 0.174. The lowest BCUT2D eigenvalue weighted by Gasteiger charge is -2.23. The third-order valence-electron chi connectivity index (χ3n) is 3.93. The molecule has 0 bridgehead atoms. The Kier molecular flexibility index (Phi) is 5.04. The molecule has 2 aliphatic heterocycles. The number of hydrogen-bond acceptors (Lipinski definition) is 5. The highest BCUT2D eigenvalue weighted by atomic mass is 16.6. The molecule has 2 heterocycles. The summed E-state index contributed by atoms with van der Waals surface area (Å²) in [7, 11) is 0. The third-order valence-corrected chi connectivity index (χ3v) is 3.93. The Balaban J connectivity index is 2.18. The highest BCUT2D eigenvalue weighted by molar-refractivity contribution is 6.11. The standard InChI is InChI=1S/C15H24N2O3/c1-3-4-8-11-9-6-5-7-10(2)16-12-13(17-11)15(19)20-14(12)18/h10-11,16-17H,3-9H2,1-2H3. The lowest BCUT2D eigenvalue weighted by atomic mass is 10.00. The van der Waals surface area contributed by atoms with Crippen LogP contribution in [0.5, 0.6) is 0 Å². The minimum Gasteiger partial charge on any atom is -0.383 e. The zero-order valence-corrected chi connectivity index (χ0v) is 12.3. The van der Waals surface area contributed by atoms with Crippen LogP contribution in [0.4, 0.5) is 0 Å². The second-order valence-electron chi connectivity index (χ2n) is 5.74. The van der Waals surface area contributed by atoms with Gasteiger partial charge in [-0.25, -0.2) is 9.59 Å². The fourth-order valence-corrected chi connectivity index (χ4v) is 2.76. The van der Waals surface area contributed by atoms with E-state index in [1.54, 1.807) is 0 Å². The molecule has 0 spiro atoms. The summed E-state index contributed by atoms with van der Waals surface area (Å²) in [6.45, 7) is 4.18. The lowest BCUT2D eigenvalue weighted by molar-refractivity contribution is -0.151. The molecule has 5 heteroatoms. The summed E-state index contributed by atoms with van der Waals surface area (Å²) < 4.78 is 4.73. The number of esters is 2. The third kappa shape index (κ3) is 3.52. The van der Waals surface area contributed by atoms with Gasteiger partial charge in [0.1, 0.15) is 0 Å². The summed E-state index contributed by atoms with van der Waals surface area (Å²) in [6.07, 6.45) is 7.56. The van der Waals surface area contributed by atoms with Crippen LogP contribution in [0.3, 0.4) is 0 Å². The van der Waals surface area contributed by atoms with Crippen molar-refractivity contribution in [3.63, 3.8) is 0 Å². The molecule has 0 aromatic rings. The van der Waals surface area contributed by atoms with Gasteiger partial charge in [-0.2, -0.15) is 0 Å². The van der Waals surface area contributed by atoms with Crippen molar-refractivity contribution in [2.24, 2.45) is 0 Å². The summed E-state index contributed by atoms with van der Waals surface area (Å²) in [4.78, 5) is 23.5. The van der Waals surface area contributed by atoms with Gasteiger partial charge in [0.15, 0.2) is 11.4 Å². The van der Waals surface area contributed by atoms with Crippen LogP contribution < -0.4 is 10.6 Å². The molecule has 0 saturated carbocycles. The largest absolute Gasteiger partial charge is 0.383 e. The van der Waals surface area contributed by atoms with Crippen molar-refractivity contribution in [2.75, 3.05) is 0 Å². The monoisotopic (exact) mass is 280 g/mol. The number of carbonyl (C=O) groups excluding carboxylic acids is 2. The molecule has 2 aliphatic rings. The highest BCUT2D eigenvalue weighted by Crippen LogP contribution is 2.20. The van der Waals surface area contributed by atoms with Crippen LogP contribution in [0.15, 0.2) is 11.4 Å². The molecule has 112 valence electrons. The van der Waals surface area contributed by atoms with Gasteiger partial charge in [-0.1, -0.05) is 32.6 Å². The molecule has 0 radical (unpaired) electrons. The summed E-state index contributed by atoms with van der Waals surface area (Å²) in [5.74, 6) is -1.11. The number of unbranched alkanes of at least 4 members (excludes halogenated alkanes) is 1. The van der Waals surface area contributed by atoms with Crippen LogP contribution in [0, 0.1) is 0 Å². The smallest absolute Gasteiger partial charge is 0.364 e. The zero-order chi connectivity index (χ0) is 14.5. The number of rotatable bonds is 3. The molecular weight excluding hydrogens is 256 g/mol. The first-order valence-electron chi connectivity index (χ1n) is 7.65. The van der Waals surface area contributed by atoms with Crippen LogP contribution >= 0.6 is 0 Å². The predicted molar refractivity (Wildman–Crippen MR) is 75.6 cm³/mol. The Morgan fingerprint density at radius 1 is 1.10 bits per heavy atom. The van der Waals surface area contributed by atoms with Crippen molar-refractivity contribution in [2.45, 2.75) is 70.9 Å². The maximum Gasteiger partial charge on any atom is 0.364 e. The van der Waals surface area contributed by atoms with Crippen molar-refractivity contribution in [3.8, 4) is 0 Å². The van der Waals surface area contributed by atoms with E-state index in [1.165, 1.54) is 0 Å². The van der Waals surface area contributed by atoms with E-state index in [1.807, 2.05) is 6.92 Å². The molecule has 0 amide bonds. The van der Waals surface area contributed by atoms with Crippen LogP contribution in [-0.2, 0) is 14.3 Å². The van der Waals surface area contributed by atoms with Gasteiger partial charge in [-0.05, 0) is 26.2 Å². The number of cyclic esters (lactones) is 2. The van der Waals surface area contributed by atoms with Gasteiger partial charge >= 0.3 is 11.9 Å². The normalized spacial score (nSPS) is 27.5. The minimum atomic E-state index is -0.556. The molecule has 0 aromatic carbocycles. The van der Waals surface area contributed by atoms with Crippen molar-refractivity contribution in [1.82, 2.24) is 10.6 Å². The molecule has 20 heavy (non-hydrogen) atoms. The van der Waals surface area contributed by atoms with E-state index < -0.39 is 11.9 Å². The van der Waals surface area contributed by atoms with E-state index >= 15 is 0 Å². The Hall–Kier alpha value is -1.52. The Morgan fingerprint density at radius 3 is 2.45 bits per heavy atom. The number of ether oxygens (including phenoxy) is 1. The molecule has 0 aromatic heterocycles. The first kappa shape index (κ1) is 14.9. The summed E-state index contributed by atoms with van der Waals surface area (Å²) in [5, 5.41) is 6.37. The topological polar surface area (TPSA) is 67.4 Å². The Bertz CT molecular complexity index is 417. The van der Waals surface area contributed by atoms with Crippen LogP contribution in [0.2, 0.25) is 0 Å². The average Bonchev–Trinajstić information content (AvgIpc) is 2.67. The van der Waals surface area contributed by atoms with Crippen molar-refractivity contribution in [3.05, 3.63) is 11.4 Å². The SMILES string of the molecule is CCCCC1CCCCC(C)NC2=C(N1)C(=O)OC2=O. The average molecular weight is 280 g/mol. The predicted octanol–water partition coefficient (Wildman–Crippen LogP) is 1.98. The van der Waals surface area contributed by atoms with E-state index in [2.05, 4.69) is 17.6 Å². The van der Waals surface area contributed by atoms with E-state index in [0.717, 1.165) is 44.9 Å². The van der Waals surface area contributed by atoms with E-state index in [4.69, 9.17) is 4.74 Å². The summed E-state index contributed by atoms with van der Waals surface area (Å²) in [5.41, 5.74) is 0.635. The first-order valence-corrected chi connectivity index (χ1v) is 7.65. The van der Waals surface area contributed by atoms with Gasteiger partial charge in [0.2, 0.25) is 0 Å². The Morgan fingerprint density at radius 2 is 1.75 bits per heavy atom. The molecule has 5 nitrogen and oxygen atoms in total. The van der Waals surface area contributed by atoms with Crippen molar-refractivity contribution >= 4 is 11.9 Å². The molecule has 2 rings (SSSR count). The van der Waals surface area contributed by atoms with Gasteiger partial charge in [0, 0.05) is 12.1 Å². The van der Waals surface area contributed by atoms with Crippen molar-refractivity contribution in [1.29, 1.82) is 0 Å². The van der Waals surface area contributed by atoms with E-state index in [-0.39, 0.29) is 12.1 Å². The van der Waals surface area contributed by atoms with Crippen LogP contribution in [-0.4, -0.2) is 24.0 Å². The fourth-order valence-electron chi connectivity index (χ4n) is 2.76. The van der Waals surface area contributed by atoms with Gasteiger partial charge in [0.05, 0.1) is 0 Å². The van der Waals surface area contributed by atoms with Gasteiger partial charge in [-0.15, -0.1) is 0 Å². The van der Waals surface area contributed by atoms with Crippen LogP contribution in [0.1, 0.15) is 58.8 Å². The zero-order valence-electron chi connectivity index (χ0n) is 12.3. The van der Waals surface area contributed by atoms with Gasteiger partial charge in [-0.3, -0.25) is 0 Å². The maximum absolute atomic E-state index is 11.8. The van der Waals surface area contributed by atoms with Crippen LogP contribution in [0.25, 0.3) is 0 Å². The number of nitrogens with one attached hydrogen (secondary N) is 2.